The fourth-order valence-corrected chi connectivity index (χ4v) is 4.25. The van der Waals surface area contributed by atoms with Crippen LogP contribution in [-0.4, -0.2) is 20.6 Å². The highest BCUT2D eigenvalue weighted by molar-refractivity contribution is 8.00. The fourth-order valence-electron chi connectivity index (χ4n) is 2.51. The highest BCUT2D eigenvalue weighted by atomic mass is 32.2. The van der Waals surface area contributed by atoms with Crippen molar-refractivity contribution >= 4 is 39.1 Å². The molecule has 0 spiro atoms. The number of fused-ring (bicyclic) bond motifs is 1. The minimum atomic E-state index is -0.320. The monoisotopic (exact) mass is 358 g/mol. The van der Waals surface area contributed by atoms with E-state index < -0.39 is 0 Å². The molecule has 0 bridgehead atoms. The van der Waals surface area contributed by atoms with Gasteiger partial charge >= 0.3 is 0 Å². The number of thioether (sulfide) groups is 1. The molecule has 24 heavy (non-hydrogen) atoms. The molecule has 0 amide bonds. The Morgan fingerprint density at radius 2 is 2.04 bits per heavy atom. The second-order valence-electron chi connectivity index (χ2n) is 5.84. The number of thiophene rings is 1. The zero-order valence-corrected chi connectivity index (χ0v) is 15.6. The lowest BCUT2D eigenvalue weighted by Crippen LogP contribution is -2.22. The Morgan fingerprint density at radius 3 is 2.79 bits per heavy atom. The number of carbonyl (C=O) groups is 1. The summed E-state index contributed by atoms with van der Waals surface area (Å²) in [5.74, 6) is 0.0564. The van der Waals surface area contributed by atoms with E-state index in [2.05, 4.69) is 4.98 Å². The first-order valence-electron chi connectivity index (χ1n) is 7.61. The van der Waals surface area contributed by atoms with Crippen LogP contribution in [0.5, 0.6) is 0 Å². The topological polar surface area (TPSA) is 52.0 Å². The third-order valence-corrected chi connectivity index (χ3v) is 5.99. The van der Waals surface area contributed by atoms with Gasteiger partial charge in [-0.1, -0.05) is 29.5 Å². The molecule has 2 aromatic heterocycles. The van der Waals surface area contributed by atoms with E-state index in [0.29, 0.717) is 15.4 Å². The van der Waals surface area contributed by atoms with Gasteiger partial charge in [0.25, 0.3) is 5.56 Å². The molecule has 0 N–H and O–H groups in total. The fraction of sp³-hybridized carbons (Fsp3) is 0.278. The maximum Gasteiger partial charge on any atom is 0.271 e. The van der Waals surface area contributed by atoms with Gasteiger partial charge in [-0.15, -0.1) is 11.3 Å². The molecule has 3 aromatic rings. The van der Waals surface area contributed by atoms with Crippen LogP contribution in [0.25, 0.3) is 10.2 Å². The van der Waals surface area contributed by atoms with Crippen LogP contribution >= 0.6 is 23.1 Å². The van der Waals surface area contributed by atoms with Crippen LogP contribution in [0.1, 0.15) is 28.4 Å². The van der Waals surface area contributed by atoms with Crippen LogP contribution in [0.4, 0.5) is 0 Å². The normalized spacial score (nSPS) is 12.5. The molecule has 0 radical (unpaired) electrons. The molecule has 0 fully saturated rings. The molecule has 3 rings (SSSR count). The Kier molecular flexibility index (Phi) is 4.60. The number of carbonyl (C=O) groups excluding carboxylic acids is 1. The van der Waals surface area contributed by atoms with Gasteiger partial charge in [0.1, 0.15) is 4.70 Å². The number of aryl methyl sites for hydroxylation is 2. The molecule has 1 aromatic carbocycles. The number of nitrogens with zero attached hydrogens (tertiary/aromatic N) is 2. The van der Waals surface area contributed by atoms with Crippen molar-refractivity contribution in [1.82, 2.24) is 9.55 Å². The van der Waals surface area contributed by atoms with Crippen molar-refractivity contribution in [2.24, 2.45) is 7.05 Å². The molecule has 6 heteroatoms. The molecular formula is C18H18N2O2S2. The number of rotatable bonds is 4. The third-order valence-electron chi connectivity index (χ3n) is 3.96. The average Bonchev–Trinajstić information content (AvgIpc) is 3.02. The summed E-state index contributed by atoms with van der Waals surface area (Å²) in [5.41, 5.74) is 3.39. The minimum Gasteiger partial charge on any atom is -0.293 e. The molecule has 124 valence electrons. The number of hydrogen-bond acceptors (Lipinski definition) is 5. The zero-order valence-electron chi connectivity index (χ0n) is 14.0. The summed E-state index contributed by atoms with van der Waals surface area (Å²) >= 11 is 2.72. The minimum absolute atomic E-state index is 0.0564. The number of hydrogen-bond donors (Lipinski definition) is 0. The van der Waals surface area contributed by atoms with Crippen molar-refractivity contribution in [3.8, 4) is 0 Å². The Labute approximate surface area is 148 Å². The third kappa shape index (κ3) is 3.03. The molecule has 0 aliphatic rings. The second kappa shape index (κ2) is 6.53. The predicted octanol–water partition coefficient (Wildman–Crippen LogP) is 3.98. The maximum atomic E-state index is 12.8. The molecule has 1 unspecified atom stereocenters. The van der Waals surface area contributed by atoms with E-state index in [0.717, 1.165) is 16.7 Å². The van der Waals surface area contributed by atoms with E-state index in [4.69, 9.17) is 0 Å². The van der Waals surface area contributed by atoms with Crippen molar-refractivity contribution in [3.05, 3.63) is 56.7 Å². The Bertz CT molecular complexity index is 988. The van der Waals surface area contributed by atoms with Crippen LogP contribution in [0.2, 0.25) is 0 Å². The second-order valence-corrected chi connectivity index (χ2v) is 8.06. The molecule has 0 saturated carbocycles. The van der Waals surface area contributed by atoms with E-state index in [9.17, 15) is 9.59 Å². The lowest BCUT2D eigenvalue weighted by atomic mass is 10.0. The van der Waals surface area contributed by atoms with Crippen molar-refractivity contribution in [1.29, 1.82) is 0 Å². The van der Waals surface area contributed by atoms with Gasteiger partial charge in [-0.05, 0) is 43.8 Å². The standard InChI is InChI=1S/C18H18N2O2S2/c1-10-5-6-11(2)13(9-10)15(21)12(3)24-18-19-14-7-8-23-16(14)17(22)20(18)4/h5-9,12H,1-4H3. The van der Waals surface area contributed by atoms with Gasteiger partial charge in [-0.2, -0.15) is 0 Å². The molecule has 0 aliphatic heterocycles. The smallest absolute Gasteiger partial charge is 0.271 e. The summed E-state index contributed by atoms with van der Waals surface area (Å²) in [6.45, 7) is 5.78. The Balaban J connectivity index is 1.93. The van der Waals surface area contributed by atoms with Crippen molar-refractivity contribution < 1.29 is 4.79 Å². The largest absolute Gasteiger partial charge is 0.293 e. The van der Waals surface area contributed by atoms with Gasteiger partial charge in [0, 0.05) is 12.6 Å². The summed E-state index contributed by atoms with van der Waals surface area (Å²) in [5, 5.41) is 2.11. The van der Waals surface area contributed by atoms with Gasteiger partial charge in [-0.25, -0.2) is 4.98 Å². The summed E-state index contributed by atoms with van der Waals surface area (Å²) in [6, 6.07) is 7.72. The molecular weight excluding hydrogens is 340 g/mol. The summed E-state index contributed by atoms with van der Waals surface area (Å²) in [6.07, 6.45) is 0. The summed E-state index contributed by atoms with van der Waals surface area (Å²) in [4.78, 5) is 29.7. The Hall–Kier alpha value is -1.92. The van der Waals surface area contributed by atoms with Crippen LogP contribution < -0.4 is 5.56 Å². The summed E-state index contributed by atoms with van der Waals surface area (Å²) in [7, 11) is 1.70. The average molecular weight is 358 g/mol. The first kappa shape index (κ1) is 16.9. The maximum absolute atomic E-state index is 12.8. The van der Waals surface area contributed by atoms with Crippen molar-refractivity contribution in [3.63, 3.8) is 0 Å². The lowest BCUT2D eigenvalue weighted by molar-refractivity contribution is 0.0993. The number of aromatic nitrogens is 2. The van der Waals surface area contributed by atoms with Gasteiger partial charge in [-0.3, -0.25) is 14.2 Å². The van der Waals surface area contributed by atoms with Crippen molar-refractivity contribution in [2.45, 2.75) is 31.2 Å². The van der Waals surface area contributed by atoms with Gasteiger partial charge < -0.3 is 0 Å². The Morgan fingerprint density at radius 1 is 1.29 bits per heavy atom. The van der Waals surface area contributed by atoms with Gasteiger partial charge in [0.15, 0.2) is 10.9 Å². The molecule has 2 heterocycles. The van der Waals surface area contributed by atoms with Crippen molar-refractivity contribution in [2.75, 3.05) is 0 Å². The highest BCUT2D eigenvalue weighted by Gasteiger charge is 2.21. The van der Waals surface area contributed by atoms with Crippen LogP contribution in [0, 0.1) is 13.8 Å². The van der Waals surface area contributed by atoms with Crippen LogP contribution in [0.15, 0.2) is 39.6 Å². The quantitative estimate of drug-likeness (QED) is 0.402. The number of ketones is 1. The zero-order chi connectivity index (χ0) is 17.4. The highest BCUT2D eigenvalue weighted by Crippen LogP contribution is 2.26. The van der Waals surface area contributed by atoms with E-state index in [1.54, 1.807) is 7.05 Å². The molecule has 0 saturated heterocycles. The van der Waals surface area contributed by atoms with Crippen LogP contribution in [0.3, 0.4) is 0 Å². The number of Topliss-reactive ketones (excluding diaryl/α,β-unsaturated/α-hetero) is 1. The van der Waals surface area contributed by atoms with E-state index in [1.807, 2.05) is 50.4 Å². The molecule has 4 nitrogen and oxygen atoms in total. The van der Waals surface area contributed by atoms with Gasteiger partial charge in [0.05, 0.1) is 10.8 Å². The van der Waals surface area contributed by atoms with Crippen LogP contribution in [-0.2, 0) is 7.05 Å². The SMILES string of the molecule is Cc1ccc(C)c(C(=O)C(C)Sc2nc3ccsc3c(=O)n2C)c1. The lowest BCUT2D eigenvalue weighted by Gasteiger charge is -2.14. The van der Waals surface area contributed by atoms with Gasteiger partial charge in [0.2, 0.25) is 0 Å². The molecule has 0 aliphatic carbocycles. The first-order valence-corrected chi connectivity index (χ1v) is 9.36. The number of benzene rings is 1. The predicted molar refractivity (Wildman–Crippen MR) is 100 cm³/mol. The van der Waals surface area contributed by atoms with E-state index in [-0.39, 0.29) is 16.6 Å². The first-order chi connectivity index (χ1) is 11.4. The van der Waals surface area contributed by atoms with E-state index in [1.165, 1.54) is 27.7 Å². The van der Waals surface area contributed by atoms with E-state index >= 15 is 0 Å². The summed E-state index contributed by atoms with van der Waals surface area (Å²) < 4.78 is 2.17. The molecule has 1 atom stereocenters.